The van der Waals surface area contributed by atoms with Crippen molar-refractivity contribution in [3.8, 4) is 11.5 Å². The summed E-state index contributed by atoms with van der Waals surface area (Å²) in [5.74, 6) is 0.105. The molecule has 1 aromatic heterocycles. The Balaban J connectivity index is 2.17. The van der Waals surface area contributed by atoms with E-state index in [1.54, 1.807) is 23.1 Å². The van der Waals surface area contributed by atoms with Crippen molar-refractivity contribution in [3.63, 3.8) is 0 Å². The molecule has 4 nitrogen and oxygen atoms in total. The van der Waals surface area contributed by atoms with Gasteiger partial charge in [-0.05, 0) is 31.5 Å². The van der Waals surface area contributed by atoms with Gasteiger partial charge in [0.05, 0.1) is 19.0 Å². The Hall–Kier alpha value is -1.88. The number of benzene rings is 1. The van der Waals surface area contributed by atoms with Crippen molar-refractivity contribution in [2.24, 2.45) is 0 Å². The van der Waals surface area contributed by atoms with E-state index in [0.29, 0.717) is 11.3 Å². The summed E-state index contributed by atoms with van der Waals surface area (Å²) >= 11 is 0. The molecule has 0 aliphatic heterocycles. The van der Waals surface area contributed by atoms with E-state index in [0.717, 1.165) is 0 Å². The Labute approximate surface area is 105 Å². The van der Waals surface area contributed by atoms with Crippen LogP contribution in [0.2, 0.25) is 0 Å². The van der Waals surface area contributed by atoms with Crippen LogP contribution in [0.3, 0.4) is 0 Å². The number of aliphatic hydroxyl groups is 1. The highest BCUT2D eigenvalue weighted by molar-refractivity contribution is 5.32. The van der Waals surface area contributed by atoms with Crippen molar-refractivity contribution in [3.05, 3.63) is 42.0 Å². The Bertz CT molecular complexity index is 538. The molecule has 0 aliphatic rings. The molecule has 2 aromatic rings. The summed E-state index contributed by atoms with van der Waals surface area (Å²) in [6, 6.07) is 4.59. The third kappa shape index (κ3) is 2.68. The highest BCUT2D eigenvalue weighted by atomic mass is 19.1. The van der Waals surface area contributed by atoms with Crippen LogP contribution in [0.4, 0.5) is 4.39 Å². The normalized spacial score (nSPS) is 10.9. The summed E-state index contributed by atoms with van der Waals surface area (Å²) in [5, 5.41) is 13.0. The van der Waals surface area contributed by atoms with Crippen molar-refractivity contribution >= 4 is 0 Å². The van der Waals surface area contributed by atoms with Gasteiger partial charge in [0.2, 0.25) is 0 Å². The largest absolute Gasteiger partial charge is 0.451 e. The lowest BCUT2D eigenvalue weighted by Crippen LogP contribution is -1.99. The molecule has 5 heteroatoms. The molecule has 1 N–H and O–H groups in total. The van der Waals surface area contributed by atoms with Crippen molar-refractivity contribution < 1.29 is 14.2 Å². The molecular formula is C13H15FN2O2. The maximum atomic E-state index is 13.6. The monoisotopic (exact) mass is 250 g/mol. The van der Waals surface area contributed by atoms with Gasteiger partial charge in [-0.3, -0.25) is 4.68 Å². The zero-order chi connectivity index (χ0) is 13.1. The summed E-state index contributed by atoms with van der Waals surface area (Å²) < 4.78 is 20.8. The fourth-order valence-corrected chi connectivity index (χ4v) is 1.51. The van der Waals surface area contributed by atoms with E-state index >= 15 is 0 Å². The Kier molecular flexibility index (Phi) is 3.62. The number of hydrogen-bond acceptors (Lipinski definition) is 3. The van der Waals surface area contributed by atoms with E-state index < -0.39 is 5.82 Å². The van der Waals surface area contributed by atoms with E-state index in [-0.39, 0.29) is 18.4 Å². The fourth-order valence-electron chi connectivity index (χ4n) is 1.51. The van der Waals surface area contributed by atoms with Gasteiger partial charge in [0.1, 0.15) is 0 Å². The number of nitrogens with zero attached hydrogens (tertiary/aromatic N) is 2. The van der Waals surface area contributed by atoms with Crippen LogP contribution in [-0.4, -0.2) is 14.9 Å². The number of halogens is 1. The van der Waals surface area contributed by atoms with Crippen LogP contribution in [0.1, 0.15) is 25.5 Å². The third-order valence-electron chi connectivity index (χ3n) is 2.51. The number of aromatic nitrogens is 2. The zero-order valence-electron chi connectivity index (χ0n) is 10.3. The molecule has 0 aliphatic carbocycles. The first-order chi connectivity index (χ1) is 8.60. The van der Waals surface area contributed by atoms with Crippen molar-refractivity contribution in [2.45, 2.75) is 26.5 Å². The quantitative estimate of drug-likeness (QED) is 0.907. The lowest BCUT2D eigenvalue weighted by atomic mass is 10.2. The van der Waals surface area contributed by atoms with Crippen LogP contribution in [0.5, 0.6) is 11.5 Å². The predicted molar refractivity (Wildman–Crippen MR) is 65.0 cm³/mol. The maximum absolute atomic E-state index is 13.6. The molecule has 18 heavy (non-hydrogen) atoms. The van der Waals surface area contributed by atoms with Crippen LogP contribution in [0.15, 0.2) is 30.6 Å². The second-order valence-electron chi connectivity index (χ2n) is 4.27. The van der Waals surface area contributed by atoms with E-state index in [4.69, 9.17) is 9.84 Å². The van der Waals surface area contributed by atoms with E-state index in [2.05, 4.69) is 5.10 Å². The first-order valence-electron chi connectivity index (χ1n) is 5.71. The molecule has 0 amide bonds. The van der Waals surface area contributed by atoms with Gasteiger partial charge in [0.25, 0.3) is 0 Å². The zero-order valence-corrected chi connectivity index (χ0v) is 10.3. The van der Waals surface area contributed by atoms with E-state index in [1.807, 2.05) is 13.8 Å². The molecule has 96 valence electrons. The third-order valence-corrected chi connectivity index (χ3v) is 2.51. The average molecular weight is 250 g/mol. The molecule has 0 unspecified atom stereocenters. The summed E-state index contributed by atoms with van der Waals surface area (Å²) in [7, 11) is 0. The maximum Gasteiger partial charge on any atom is 0.166 e. The molecule has 0 fully saturated rings. The minimum atomic E-state index is -0.501. The summed E-state index contributed by atoms with van der Waals surface area (Å²) in [5.41, 5.74) is 0.512. The number of hydrogen-bond donors (Lipinski definition) is 1. The van der Waals surface area contributed by atoms with Gasteiger partial charge < -0.3 is 9.84 Å². The van der Waals surface area contributed by atoms with Crippen molar-refractivity contribution in [1.82, 2.24) is 9.78 Å². The van der Waals surface area contributed by atoms with Gasteiger partial charge in [0.15, 0.2) is 17.3 Å². The second-order valence-corrected chi connectivity index (χ2v) is 4.27. The van der Waals surface area contributed by atoms with Gasteiger partial charge >= 0.3 is 0 Å². The Morgan fingerprint density at radius 3 is 2.78 bits per heavy atom. The standard InChI is InChI=1S/C13H15FN2O2/c1-9(2)16-7-11(6-15-16)18-13-4-3-10(8-17)5-12(13)14/h3-7,9,17H,8H2,1-2H3. The fraction of sp³-hybridized carbons (Fsp3) is 0.308. The second kappa shape index (κ2) is 5.18. The smallest absolute Gasteiger partial charge is 0.166 e. The molecular weight excluding hydrogens is 235 g/mol. The van der Waals surface area contributed by atoms with Gasteiger partial charge in [0, 0.05) is 6.04 Å². The highest BCUT2D eigenvalue weighted by Gasteiger charge is 2.08. The van der Waals surface area contributed by atoms with Gasteiger partial charge in [-0.1, -0.05) is 6.07 Å². The number of ether oxygens (including phenoxy) is 1. The van der Waals surface area contributed by atoms with Gasteiger partial charge in [-0.2, -0.15) is 5.10 Å². The van der Waals surface area contributed by atoms with Crippen molar-refractivity contribution in [1.29, 1.82) is 0 Å². The van der Waals surface area contributed by atoms with Crippen LogP contribution in [0.25, 0.3) is 0 Å². The van der Waals surface area contributed by atoms with Gasteiger partial charge in [-0.15, -0.1) is 0 Å². The van der Waals surface area contributed by atoms with Crippen molar-refractivity contribution in [2.75, 3.05) is 0 Å². The molecule has 0 atom stereocenters. The molecule has 0 bridgehead atoms. The predicted octanol–water partition coefficient (Wildman–Crippen LogP) is 2.89. The Morgan fingerprint density at radius 1 is 1.44 bits per heavy atom. The summed E-state index contributed by atoms with van der Waals surface area (Å²) in [6.07, 6.45) is 3.25. The minimum Gasteiger partial charge on any atom is -0.451 e. The molecule has 1 aromatic carbocycles. The van der Waals surface area contributed by atoms with Crippen LogP contribution < -0.4 is 4.74 Å². The molecule has 0 saturated carbocycles. The van der Waals surface area contributed by atoms with Crippen LogP contribution in [0, 0.1) is 5.82 Å². The summed E-state index contributed by atoms with van der Waals surface area (Å²) in [4.78, 5) is 0. The topological polar surface area (TPSA) is 47.3 Å². The molecule has 0 saturated heterocycles. The van der Waals surface area contributed by atoms with E-state index in [9.17, 15) is 4.39 Å². The minimum absolute atomic E-state index is 0.121. The van der Waals surface area contributed by atoms with Crippen LogP contribution in [-0.2, 0) is 6.61 Å². The molecule has 0 spiro atoms. The lowest BCUT2D eigenvalue weighted by molar-refractivity contribution is 0.281. The van der Waals surface area contributed by atoms with Gasteiger partial charge in [-0.25, -0.2) is 4.39 Å². The highest BCUT2D eigenvalue weighted by Crippen LogP contribution is 2.25. The van der Waals surface area contributed by atoms with E-state index in [1.165, 1.54) is 12.1 Å². The molecule has 2 rings (SSSR count). The summed E-state index contributed by atoms with van der Waals surface area (Å²) in [6.45, 7) is 3.79. The SMILES string of the molecule is CC(C)n1cc(Oc2ccc(CO)cc2F)cn1. The Morgan fingerprint density at radius 2 is 2.22 bits per heavy atom. The molecule has 0 radical (unpaired) electrons. The lowest BCUT2D eigenvalue weighted by Gasteiger charge is -2.06. The van der Waals surface area contributed by atoms with Crippen LogP contribution >= 0.6 is 0 Å². The number of aliphatic hydroxyl groups excluding tert-OH is 1. The average Bonchev–Trinajstić information content (AvgIpc) is 2.80. The first kappa shape index (κ1) is 12.6. The number of rotatable bonds is 4. The first-order valence-corrected chi connectivity index (χ1v) is 5.71. The molecule has 1 heterocycles.